The Morgan fingerprint density at radius 1 is 1.17 bits per heavy atom. The molecule has 1 aliphatic rings. The summed E-state index contributed by atoms with van der Waals surface area (Å²) in [5.41, 5.74) is 1.07. The summed E-state index contributed by atoms with van der Waals surface area (Å²) in [5, 5.41) is 0. The molecule has 0 N–H and O–H groups in total. The molecule has 0 bridgehead atoms. The fourth-order valence-corrected chi connectivity index (χ4v) is 3.52. The molecule has 1 fully saturated rings. The minimum absolute atomic E-state index is 0.0180. The van der Waals surface area contributed by atoms with E-state index in [4.69, 9.17) is 4.74 Å². The molecule has 7 heteroatoms. The monoisotopic (exact) mass is 340 g/mol. The van der Waals surface area contributed by atoms with Crippen molar-refractivity contribution < 1.29 is 17.9 Å². The lowest BCUT2D eigenvalue weighted by Gasteiger charge is -2.21. The number of benzene rings is 1. The number of para-hydroxylation sites is 1. The van der Waals surface area contributed by atoms with Crippen molar-refractivity contribution in [3.8, 4) is 5.75 Å². The number of amides is 1. The zero-order chi connectivity index (χ0) is 16.9. The van der Waals surface area contributed by atoms with Crippen LogP contribution in [0.4, 0.5) is 0 Å². The summed E-state index contributed by atoms with van der Waals surface area (Å²) in [7, 11) is -3.20. The molecule has 2 rings (SSSR count). The molecule has 23 heavy (non-hydrogen) atoms. The first-order valence-corrected chi connectivity index (χ1v) is 9.70. The van der Waals surface area contributed by atoms with Crippen LogP contribution >= 0.6 is 0 Å². The zero-order valence-corrected chi connectivity index (χ0v) is 14.5. The number of nitrogens with zero attached hydrogens (tertiary/aromatic N) is 2. The Morgan fingerprint density at radius 3 is 2.61 bits per heavy atom. The smallest absolute Gasteiger partial charge is 0.260 e. The third kappa shape index (κ3) is 4.94. The van der Waals surface area contributed by atoms with Gasteiger partial charge in [-0.15, -0.1) is 0 Å². The maximum Gasteiger partial charge on any atom is 0.260 e. The van der Waals surface area contributed by atoms with Gasteiger partial charge in [-0.1, -0.05) is 25.1 Å². The molecular formula is C16H24N2O4S. The number of aryl methyl sites for hydroxylation is 1. The van der Waals surface area contributed by atoms with Crippen molar-refractivity contribution >= 4 is 15.9 Å². The summed E-state index contributed by atoms with van der Waals surface area (Å²) < 4.78 is 30.3. The molecule has 0 spiro atoms. The Morgan fingerprint density at radius 2 is 1.91 bits per heavy atom. The van der Waals surface area contributed by atoms with Gasteiger partial charge in [-0.2, -0.15) is 0 Å². The van der Waals surface area contributed by atoms with Crippen LogP contribution < -0.4 is 4.74 Å². The predicted molar refractivity (Wildman–Crippen MR) is 88.9 cm³/mol. The summed E-state index contributed by atoms with van der Waals surface area (Å²) in [6, 6.07) is 7.67. The van der Waals surface area contributed by atoms with E-state index in [1.165, 1.54) is 10.6 Å². The lowest BCUT2D eigenvalue weighted by atomic mass is 10.1. The summed E-state index contributed by atoms with van der Waals surface area (Å²) >= 11 is 0. The number of rotatable bonds is 5. The topological polar surface area (TPSA) is 66.9 Å². The second kappa shape index (κ2) is 7.79. The van der Waals surface area contributed by atoms with E-state index < -0.39 is 10.0 Å². The van der Waals surface area contributed by atoms with Crippen molar-refractivity contribution in [2.45, 2.75) is 19.8 Å². The Balaban J connectivity index is 1.91. The number of carbonyl (C=O) groups is 1. The normalized spacial score (nSPS) is 16.9. The zero-order valence-electron chi connectivity index (χ0n) is 13.7. The van der Waals surface area contributed by atoms with Gasteiger partial charge in [0, 0.05) is 26.2 Å². The van der Waals surface area contributed by atoms with E-state index >= 15 is 0 Å². The van der Waals surface area contributed by atoms with Crippen LogP contribution in [0.1, 0.15) is 18.9 Å². The summed E-state index contributed by atoms with van der Waals surface area (Å²) in [5.74, 6) is 0.627. The van der Waals surface area contributed by atoms with Gasteiger partial charge in [0.15, 0.2) is 6.61 Å². The van der Waals surface area contributed by atoms with Crippen LogP contribution in [0.2, 0.25) is 0 Å². The van der Waals surface area contributed by atoms with E-state index in [0.29, 0.717) is 32.6 Å². The van der Waals surface area contributed by atoms with E-state index in [0.717, 1.165) is 17.7 Å². The first kappa shape index (κ1) is 17.7. The van der Waals surface area contributed by atoms with Crippen LogP contribution in [-0.2, 0) is 21.2 Å². The third-order valence-corrected chi connectivity index (χ3v) is 5.28. The van der Waals surface area contributed by atoms with E-state index in [1.807, 2.05) is 31.2 Å². The summed E-state index contributed by atoms with van der Waals surface area (Å²) in [6.45, 7) is 3.79. The molecule has 1 heterocycles. The Hall–Kier alpha value is -1.60. The van der Waals surface area contributed by atoms with Crippen LogP contribution in [0.5, 0.6) is 5.75 Å². The van der Waals surface area contributed by atoms with Gasteiger partial charge in [0.1, 0.15) is 5.75 Å². The van der Waals surface area contributed by atoms with E-state index in [1.54, 1.807) is 4.90 Å². The fraction of sp³-hybridized carbons (Fsp3) is 0.562. The van der Waals surface area contributed by atoms with Gasteiger partial charge in [0.05, 0.1) is 6.26 Å². The number of hydrogen-bond acceptors (Lipinski definition) is 4. The summed E-state index contributed by atoms with van der Waals surface area (Å²) in [6.07, 6.45) is 2.69. The van der Waals surface area contributed by atoms with Crippen molar-refractivity contribution in [3.05, 3.63) is 29.8 Å². The van der Waals surface area contributed by atoms with Gasteiger partial charge < -0.3 is 9.64 Å². The molecule has 1 aromatic carbocycles. The molecule has 1 aliphatic heterocycles. The lowest BCUT2D eigenvalue weighted by Crippen LogP contribution is -2.39. The van der Waals surface area contributed by atoms with E-state index in [9.17, 15) is 13.2 Å². The predicted octanol–water partition coefficient (Wildman–Crippen LogP) is 1.12. The number of sulfonamides is 1. The third-order valence-electron chi connectivity index (χ3n) is 3.98. The number of hydrogen-bond donors (Lipinski definition) is 0. The highest BCUT2D eigenvalue weighted by Crippen LogP contribution is 2.18. The second-order valence-electron chi connectivity index (χ2n) is 5.65. The molecule has 0 aromatic heterocycles. The molecule has 6 nitrogen and oxygen atoms in total. The molecule has 0 atom stereocenters. The van der Waals surface area contributed by atoms with Crippen LogP contribution in [0.3, 0.4) is 0 Å². The van der Waals surface area contributed by atoms with Crippen molar-refractivity contribution in [1.82, 2.24) is 9.21 Å². The van der Waals surface area contributed by atoms with Gasteiger partial charge in [0.2, 0.25) is 10.0 Å². The van der Waals surface area contributed by atoms with E-state index in [2.05, 4.69) is 0 Å². The standard InChI is InChI=1S/C16H24N2O4S/c1-3-14-7-4-5-8-15(14)22-13-16(19)17-9-6-10-18(12-11-17)23(2,20)21/h4-5,7-8H,3,6,9-13H2,1-2H3. The van der Waals surface area contributed by atoms with Gasteiger partial charge in [0.25, 0.3) is 5.91 Å². The van der Waals surface area contributed by atoms with Crippen LogP contribution in [0.15, 0.2) is 24.3 Å². The second-order valence-corrected chi connectivity index (χ2v) is 7.63. The maximum absolute atomic E-state index is 12.3. The highest BCUT2D eigenvalue weighted by molar-refractivity contribution is 7.88. The first-order valence-electron chi connectivity index (χ1n) is 7.85. The lowest BCUT2D eigenvalue weighted by molar-refractivity contribution is -0.133. The minimum atomic E-state index is -3.20. The van der Waals surface area contributed by atoms with Crippen molar-refractivity contribution in [2.24, 2.45) is 0 Å². The molecule has 1 aromatic rings. The van der Waals surface area contributed by atoms with Crippen molar-refractivity contribution in [3.63, 3.8) is 0 Å². The highest BCUT2D eigenvalue weighted by atomic mass is 32.2. The number of carbonyl (C=O) groups excluding carboxylic acids is 1. The molecule has 0 aliphatic carbocycles. The van der Waals surface area contributed by atoms with Gasteiger partial charge >= 0.3 is 0 Å². The minimum Gasteiger partial charge on any atom is -0.483 e. The average molecular weight is 340 g/mol. The average Bonchev–Trinajstić information content (AvgIpc) is 2.78. The van der Waals surface area contributed by atoms with Crippen LogP contribution in [-0.4, -0.2) is 62.6 Å². The van der Waals surface area contributed by atoms with Gasteiger partial charge in [-0.25, -0.2) is 12.7 Å². The molecule has 0 saturated carbocycles. The van der Waals surface area contributed by atoms with E-state index in [-0.39, 0.29) is 12.5 Å². The van der Waals surface area contributed by atoms with Crippen LogP contribution in [0, 0.1) is 0 Å². The van der Waals surface area contributed by atoms with Gasteiger partial charge in [-0.05, 0) is 24.5 Å². The Bertz CT molecular complexity index is 645. The Kier molecular flexibility index (Phi) is 6.01. The fourth-order valence-electron chi connectivity index (χ4n) is 2.64. The maximum atomic E-state index is 12.3. The highest BCUT2D eigenvalue weighted by Gasteiger charge is 2.24. The van der Waals surface area contributed by atoms with Crippen molar-refractivity contribution in [1.29, 1.82) is 0 Å². The van der Waals surface area contributed by atoms with Crippen molar-refractivity contribution in [2.75, 3.05) is 39.0 Å². The molecule has 1 amide bonds. The van der Waals surface area contributed by atoms with Crippen LogP contribution in [0.25, 0.3) is 0 Å². The number of ether oxygens (including phenoxy) is 1. The molecule has 0 radical (unpaired) electrons. The molecule has 128 valence electrons. The molecular weight excluding hydrogens is 316 g/mol. The quantitative estimate of drug-likeness (QED) is 0.806. The molecule has 1 saturated heterocycles. The summed E-state index contributed by atoms with van der Waals surface area (Å²) in [4.78, 5) is 14.0. The largest absolute Gasteiger partial charge is 0.483 e. The Labute approximate surface area is 138 Å². The first-order chi connectivity index (χ1) is 10.9. The molecule has 0 unspecified atom stereocenters. The van der Waals surface area contributed by atoms with Gasteiger partial charge in [-0.3, -0.25) is 4.79 Å². The SMILES string of the molecule is CCc1ccccc1OCC(=O)N1CCCN(S(C)(=O)=O)CC1.